The Morgan fingerprint density at radius 2 is 1.82 bits per heavy atom. The summed E-state index contributed by atoms with van der Waals surface area (Å²) in [5.74, 6) is -0.0736. The number of carbonyl (C=O) groups excluding carboxylic acids is 2. The molecule has 22 heavy (non-hydrogen) atoms. The number of rotatable bonds is 6. The van der Waals surface area contributed by atoms with Crippen molar-refractivity contribution in [1.29, 1.82) is 0 Å². The molecule has 0 saturated heterocycles. The van der Waals surface area contributed by atoms with Crippen LogP contribution in [0, 0.1) is 5.41 Å². The van der Waals surface area contributed by atoms with Crippen LogP contribution in [0.1, 0.15) is 25.3 Å². The van der Waals surface area contributed by atoms with Crippen LogP contribution >= 0.6 is 0 Å². The Bertz CT molecular complexity index is 621. The van der Waals surface area contributed by atoms with E-state index in [2.05, 4.69) is 15.6 Å². The largest absolute Gasteiger partial charge is 0.467 e. The van der Waals surface area contributed by atoms with Gasteiger partial charge in [0.25, 0.3) is 0 Å². The van der Waals surface area contributed by atoms with Crippen LogP contribution in [0.15, 0.2) is 47.2 Å². The fraction of sp³-hybridized carbons (Fsp3) is 0.312. The molecule has 2 aromatic rings. The second-order valence-electron chi connectivity index (χ2n) is 5.39. The molecule has 116 valence electrons. The number of amides is 2. The van der Waals surface area contributed by atoms with Crippen LogP contribution in [0.3, 0.4) is 0 Å². The molecular weight excluding hydrogens is 282 g/mol. The summed E-state index contributed by atoms with van der Waals surface area (Å²) in [5.41, 5.74) is -0.441. The summed E-state index contributed by atoms with van der Waals surface area (Å²) in [5, 5.41) is 5.42. The third kappa shape index (κ3) is 3.94. The molecule has 0 spiro atoms. The van der Waals surface area contributed by atoms with Gasteiger partial charge in [0.2, 0.25) is 11.8 Å². The van der Waals surface area contributed by atoms with Gasteiger partial charge in [0.05, 0.1) is 25.0 Å². The average Bonchev–Trinajstić information content (AvgIpc) is 3.04. The molecule has 2 rings (SSSR count). The highest BCUT2D eigenvalue weighted by atomic mass is 16.3. The lowest BCUT2D eigenvalue weighted by molar-refractivity contribution is -0.141. The van der Waals surface area contributed by atoms with Crippen molar-refractivity contribution in [2.75, 3.05) is 0 Å². The van der Waals surface area contributed by atoms with Crippen LogP contribution in [0.2, 0.25) is 0 Å². The lowest BCUT2D eigenvalue weighted by Gasteiger charge is -2.22. The molecule has 2 amide bonds. The molecule has 0 bridgehead atoms. The smallest absolute Gasteiger partial charge is 0.235 e. The van der Waals surface area contributed by atoms with Crippen molar-refractivity contribution in [3.8, 4) is 0 Å². The number of carbonyl (C=O) groups is 2. The summed E-state index contributed by atoms with van der Waals surface area (Å²) >= 11 is 0. The third-order valence-corrected chi connectivity index (χ3v) is 3.29. The molecule has 6 nitrogen and oxygen atoms in total. The van der Waals surface area contributed by atoms with Gasteiger partial charge >= 0.3 is 0 Å². The van der Waals surface area contributed by atoms with Gasteiger partial charge in [0.15, 0.2) is 0 Å². The zero-order valence-electron chi connectivity index (χ0n) is 12.6. The van der Waals surface area contributed by atoms with E-state index in [-0.39, 0.29) is 24.9 Å². The Morgan fingerprint density at radius 1 is 1.09 bits per heavy atom. The van der Waals surface area contributed by atoms with Gasteiger partial charge in [-0.1, -0.05) is 6.07 Å². The summed E-state index contributed by atoms with van der Waals surface area (Å²) in [6.07, 6.45) is 3.19. The first kappa shape index (κ1) is 15.8. The number of aromatic nitrogens is 1. The number of nitrogens with one attached hydrogen (secondary N) is 2. The van der Waals surface area contributed by atoms with Crippen LogP contribution in [0.5, 0.6) is 0 Å². The van der Waals surface area contributed by atoms with E-state index in [1.165, 1.54) is 6.26 Å². The van der Waals surface area contributed by atoms with Gasteiger partial charge in [-0.15, -0.1) is 0 Å². The zero-order valence-corrected chi connectivity index (χ0v) is 12.6. The van der Waals surface area contributed by atoms with E-state index in [0.29, 0.717) is 5.76 Å². The van der Waals surface area contributed by atoms with Crippen molar-refractivity contribution in [3.05, 3.63) is 54.2 Å². The van der Waals surface area contributed by atoms with E-state index in [0.717, 1.165) is 5.69 Å². The first-order valence-corrected chi connectivity index (χ1v) is 6.99. The van der Waals surface area contributed by atoms with Crippen LogP contribution in [-0.2, 0) is 22.7 Å². The van der Waals surface area contributed by atoms with Crippen molar-refractivity contribution >= 4 is 11.8 Å². The Balaban J connectivity index is 1.87. The van der Waals surface area contributed by atoms with Gasteiger partial charge in [-0.3, -0.25) is 14.6 Å². The highest BCUT2D eigenvalue weighted by Crippen LogP contribution is 2.16. The fourth-order valence-electron chi connectivity index (χ4n) is 1.80. The quantitative estimate of drug-likeness (QED) is 0.794. The number of hydrogen-bond donors (Lipinski definition) is 2. The van der Waals surface area contributed by atoms with Crippen LogP contribution in [0.25, 0.3) is 0 Å². The zero-order chi connectivity index (χ0) is 16.0. The van der Waals surface area contributed by atoms with E-state index in [4.69, 9.17) is 4.42 Å². The highest BCUT2D eigenvalue weighted by Gasteiger charge is 2.35. The van der Waals surface area contributed by atoms with E-state index in [1.807, 2.05) is 12.1 Å². The summed E-state index contributed by atoms with van der Waals surface area (Å²) < 4.78 is 5.14. The van der Waals surface area contributed by atoms with Gasteiger partial charge in [-0.2, -0.15) is 0 Å². The normalized spacial score (nSPS) is 11.0. The van der Waals surface area contributed by atoms with E-state index in [1.54, 1.807) is 38.2 Å². The molecule has 0 aliphatic carbocycles. The molecule has 0 aliphatic heterocycles. The Hall–Kier alpha value is -2.63. The minimum Gasteiger partial charge on any atom is -0.467 e. The van der Waals surface area contributed by atoms with Gasteiger partial charge < -0.3 is 15.1 Å². The maximum atomic E-state index is 12.2. The Kier molecular flexibility index (Phi) is 4.93. The first-order valence-electron chi connectivity index (χ1n) is 6.99. The molecule has 2 aromatic heterocycles. The number of furan rings is 1. The molecular formula is C16H19N3O3. The van der Waals surface area contributed by atoms with Crippen molar-refractivity contribution in [2.24, 2.45) is 5.41 Å². The average molecular weight is 301 g/mol. The standard InChI is InChI=1S/C16H19N3O3/c1-16(2,15(21)19-11-13-7-5-9-22-13)14(20)18-10-12-6-3-4-8-17-12/h3-9H,10-11H2,1-2H3,(H,18,20)(H,19,21). The van der Waals surface area contributed by atoms with Crippen molar-refractivity contribution < 1.29 is 14.0 Å². The number of nitrogens with zero attached hydrogens (tertiary/aromatic N) is 1. The second-order valence-corrected chi connectivity index (χ2v) is 5.39. The summed E-state index contributed by atoms with van der Waals surface area (Å²) in [4.78, 5) is 28.5. The van der Waals surface area contributed by atoms with Crippen LogP contribution in [0.4, 0.5) is 0 Å². The maximum Gasteiger partial charge on any atom is 0.235 e. The maximum absolute atomic E-state index is 12.2. The molecule has 6 heteroatoms. The molecule has 2 N–H and O–H groups in total. The lowest BCUT2D eigenvalue weighted by atomic mass is 9.91. The fourth-order valence-corrected chi connectivity index (χ4v) is 1.80. The van der Waals surface area contributed by atoms with Gasteiger partial charge in [-0.25, -0.2) is 0 Å². The number of pyridine rings is 1. The topological polar surface area (TPSA) is 84.2 Å². The van der Waals surface area contributed by atoms with Crippen molar-refractivity contribution in [2.45, 2.75) is 26.9 Å². The van der Waals surface area contributed by atoms with Crippen LogP contribution in [-0.4, -0.2) is 16.8 Å². The Morgan fingerprint density at radius 3 is 2.41 bits per heavy atom. The number of hydrogen-bond acceptors (Lipinski definition) is 4. The van der Waals surface area contributed by atoms with Crippen molar-refractivity contribution in [1.82, 2.24) is 15.6 Å². The van der Waals surface area contributed by atoms with Gasteiger partial charge in [0, 0.05) is 6.20 Å². The molecule has 0 radical (unpaired) electrons. The molecule has 0 unspecified atom stereocenters. The minimum atomic E-state index is -1.18. The van der Waals surface area contributed by atoms with E-state index >= 15 is 0 Å². The minimum absolute atomic E-state index is 0.253. The summed E-state index contributed by atoms with van der Waals surface area (Å²) in [7, 11) is 0. The van der Waals surface area contributed by atoms with Gasteiger partial charge in [0.1, 0.15) is 11.2 Å². The summed E-state index contributed by atoms with van der Waals surface area (Å²) in [6.45, 7) is 3.70. The molecule has 2 heterocycles. The lowest BCUT2D eigenvalue weighted by Crippen LogP contribution is -2.47. The molecule has 0 fully saturated rings. The van der Waals surface area contributed by atoms with E-state index in [9.17, 15) is 9.59 Å². The first-order chi connectivity index (χ1) is 10.5. The van der Waals surface area contributed by atoms with Crippen molar-refractivity contribution in [3.63, 3.8) is 0 Å². The second kappa shape index (κ2) is 6.89. The van der Waals surface area contributed by atoms with Crippen LogP contribution < -0.4 is 10.6 Å². The monoisotopic (exact) mass is 301 g/mol. The van der Waals surface area contributed by atoms with Gasteiger partial charge in [-0.05, 0) is 38.1 Å². The molecule has 0 saturated carbocycles. The SMILES string of the molecule is CC(C)(C(=O)NCc1ccccn1)C(=O)NCc1ccco1. The molecule has 0 atom stereocenters. The predicted octanol–water partition coefficient (Wildman–Crippen LogP) is 1.63. The highest BCUT2D eigenvalue weighted by molar-refractivity contribution is 6.04. The molecule has 0 aliphatic rings. The summed E-state index contributed by atoms with van der Waals surface area (Å²) in [6, 6.07) is 8.96. The Labute approximate surface area is 128 Å². The predicted molar refractivity (Wildman–Crippen MR) is 80.4 cm³/mol. The van der Waals surface area contributed by atoms with E-state index < -0.39 is 5.41 Å². The molecule has 0 aromatic carbocycles. The third-order valence-electron chi connectivity index (χ3n) is 3.29.